The fraction of sp³-hybridized carbons (Fsp3) is 0.706. The van der Waals surface area contributed by atoms with E-state index in [1.54, 1.807) is 0 Å². The summed E-state index contributed by atoms with van der Waals surface area (Å²) in [5.74, 6) is 2.14. The van der Waals surface area contributed by atoms with E-state index in [2.05, 4.69) is 15.2 Å². The zero-order chi connectivity index (χ0) is 15.5. The molecule has 0 spiro atoms. The second kappa shape index (κ2) is 6.63. The second-order valence-corrected chi connectivity index (χ2v) is 6.43. The summed E-state index contributed by atoms with van der Waals surface area (Å²) < 4.78 is 0. The zero-order valence-electron chi connectivity index (χ0n) is 13.7. The maximum atomic E-state index is 11.7. The number of fused-ring (bicyclic) bond motifs is 1. The standard InChI is InChI=1S/C17H26N4O/c1-3-16(22)20-13-7-6-10-21(11-13)17-14-8-4-5-9-15(14)18-12(2)19-17/h13H,3-11H2,1-2H3,(H,20,22)/t13-/m1/s1. The van der Waals surface area contributed by atoms with E-state index in [0.717, 1.165) is 50.4 Å². The number of aryl methyl sites for hydroxylation is 2. The minimum atomic E-state index is 0.146. The first-order chi connectivity index (χ1) is 10.7. The molecule has 1 atom stereocenters. The van der Waals surface area contributed by atoms with Crippen LogP contribution < -0.4 is 10.2 Å². The van der Waals surface area contributed by atoms with Crippen LogP contribution in [0.1, 0.15) is 56.1 Å². The average Bonchev–Trinajstić information content (AvgIpc) is 2.54. The molecule has 0 aromatic carbocycles. The van der Waals surface area contributed by atoms with E-state index in [4.69, 9.17) is 4.98 Å². The largest absolute Gasteiger partial charge is 0.354 e. The van der Waals surface area contributed by atoms with E-state index in [0.29, 0.717) is 6.42 Å². The van der Waals surface area contributed by atoms with Crippen molar-refractivity contribution in [3.8, 4) is 0 Å². The van der Waals surface area contributed by atoms with Crippen molar-refractivity contribution in [3.05, 3.63) is 17.1 Å². The van der Waals surface area contributed by atoms with Gasteiger partial charge in [-0.25, -0.2) is 9.97 Å². The maximum Gasteiger partial charge on any atom is 0.219 e. The molecule has 1 saturated heterocycles. The van der Waals surface area contributed by atoms with Crippen LogP contribution in [0.4, 0.5) is 5.82 Å². The molecule has 1 aliphatic heterocycles. The van der Waals surface area contributed by atoms with E-state index in [9.17, 15) is 4.79 Å². The van der Waals surface area contributed by atoms with E-state index < -0.39 is 0 Å². The molecule has 120 valence electrons. The highest BCUT2D eigenvalue weighted by atomic mass is 16.1. The Morgan fingerprint density at radius 1 is 1.27 bits per heavy atom. The molecular formula is C17H26N4O. The molecule has 5 heteroatoms. The number of carbonyl (C=O) groups excluding carboxylic acids is 1. The Morgan fingerprint density at radius 2 is 2.09 bits per heavy atom. The van der Waals surface area contributed by atoms with Gasteiger partial charge in [0.05, 0.1) is 0 Å². The summed E-state index contributed by atoms with van der Waals surface area (Å²) in [5.41, 5.74) is 2.59. The Hall–Kier alpha value is -1.65. The molecular weight excluding hydrogens is 276 g/mol. The molecule has 1 amide bonds. The van der Waals surface area contributed by atoms with Crippen molar-refractivity contribution < 1.29 is 4.79 Å². The molecule has 0 saturated carbocycles. The van der Waals surface area contributed by atoms with Gasteiger partial charge in [-0.3, -0.25) is 4.79 Å². The molecule has 22 heavy (non-hydrogen) atoms. The number of nitrogens with one attached hydrogen (secondary N) is 1. The van der Waals surface area contributed by atoms with Crippen LogP contribution in [0.15, 0.2) is 0 Å². The van der Waals surface area contributed by atoms with Gasteiger partial charge in [-0.05, 0) is 45.4 Å². The second-order valence-electron chi connectivity index (χ2n) is 6.43. The summed E-state index contributed by atoms with van der Waals surface area (Å²) in [6.45, 7) is 5.79. The fourth-order valence-corrected chi connectivity index (χ4v) is 3.57. The normalized spacial score (nSPS) is 21.4. The van der Waals surface area contributed by atoms with Gasteiger partial charge in [0.15, 0.2) is 0 Å². The molecule has 1 N–H and O–H groups in total. The zero-order valence-corrected chi connectivity index (χ0v) is 13.7. The summed E-state index contributed by atoms with van der Waals surface area (Å²) >= 11 is 0. The molecule has 1 aromatic rings. The van der Waals surface area contributed by atoms with Gasteiger partial charge in [0, 0.05) is 36.8 Å². The van der Waals surface area contributed by atoms with Gasteiger partial charge in [-0.2, -0.15) is 0 Å². The summed E-state index contributed by atoms with van der Waals surface area (Å²) in [7, 11) is 0. The third-order valence-corrected chi connectivity index (χ3v) is 4.68. The number of anilines is 1. The first kappa shape index (κ1) is 15.3. The Balaban J connectivity index is 1.81. The van der Waals surface area contributed by atoms with E-state index in [1.165, 1.54) is 24.1 Å². The lowest BCUT2D eigenvalue weighted by Gasteiger charge is -2.36. The summed E-state index contributed by atoms with van der Waals surface area (Å²) in [6.07, 6.45) is 7.36. The van der Waals surface area contributed by atoms with Gasteiger partial charge >= 0.3 is 0 Å². The number of hydrogen-bond acceptors (Lipinski definition) is 4. The number of piperidine rings is 1. The fourth-order valence-electron chi connectivity index (χ4n) is 3.57. The minimum Gasteiger partial charge on any atom is -0.354 e. The van der Waals surface area contributed by atoms with Crippen LogP contribution in [-0.4, -0.2) is 35.0 Å². The molecule has 1 fully saturated rings. The predicted molar refractivity (Wildman–Crippen MR) is 87.1 cm³/mol. The average molecular weight is 302 g/mol. The number of rotatable bonds is 3. The van der Waals surface area contributed by atoms with E-state index >= 15 is 0 Å². The predicted octanol–water partition coefficient (Wildman–Crippen LogP) is 2.16. The van der Waals surface area contributed by atoms with Crippen LogP contribution >= 0.6 is 0 Å². The topological polar surface area (TPSA) is 58.1 Å². The van der Waals surface area contributed by atoms with Crippen molar-refractivity contribution in [2.45, 2.75) is 64.8 Å². The first-order valence-corrected chi connectivity index (χ1v) is 8.58. The van der Waals surface area contributed by atoms with E-state index in [1.807, 2.05) is 13.8 Å². The summed E-state index contributed by atoms with van der Waals surface area (Å²) in [4.78, 5) is 23.4. The van der Waals surface area contributed by atoms with Crippen molar-refractivity contribution in [1.82, 2.24) is 15.3 Å². The van der Waals surface area contributed by atoms with Crippen molar-refractivity contribution in [2.75, 3.05) is 18.0 Å². The lowest BCUT2D eigenvalue weighted by Crippen LogP contribution is -2.48. The molecule has 1 aliphatic carbocycles. The van der Waals surface area contributed by atoms with Gasteiger partial charge in [-0.15, -0.1) is 0 Å². The van der Waals surface area contributed by atoms with Crippen LogP contribution in [0.2, 0.25) is 0 Å². The van der Waals surface area contributed by atoms with Crippen molar-refractivity contribution in [2.24, 2.45) is 0 Å². The number of nitrogens with zero attached hydrogens (tertiary/aromatic N) is 3. The van der Waals surface area contributed by atoms with Crippen LogP contribution in [0.5, 0.6) is 0 Å². The SMILES string of the molecule is CCC(=O)N[C@@H]1CCCN(c2nc(C)nc3c2CCCC3)C1. The van der Waals surface area contributed by atoms with Gasteiger partial charge in [0.1, 0.15) is 11.6 Å². The van der Waals surface area contributed by atoms with Crippen LogP contribution in [-0.2, 0) is 17.6 Å². The first-order valence-electron chi connectivity index (χ1n) is 8.58. The van der Waals surface area contributed by atoms with Gasteiger partial charge < -0.3 is 10.2 Å². The Labute approximate surface area is 132 Å². The summed E-state index contributed by atoms with van der Waals surface area (Å²) in [6, 6.07) is 0.246. The highest BCUT2D eigenvalue weighted by Crippen LogP contribution is 2.29. The Bertz CT molecular complexity index is 558. The third-order valence-electron chi connectivity index (χ3n) is 4.68. The Kier molecular flexibility index (Phi) is 4.60. The number of hydrogen-bond donors (Lipinski definition) is 1. The van der Waals surface area contributed by atoms with Crippen LogP contribution in [0.25, 0.3) is 0 Å². The Morgan fingerprint density at radius 3 is 2.91 bits per heavy atom. The minimum absolute atomic E-state index is 0.146. The molecule has 0 radical (unpaired) electrons. The molecule has 0 unspecified atom stereocenters. The smallest absolute Gasteiger partial charge is 0.219 e. The number of amides is 1. The monoisotopic (exact) mass is 302 g/mol. The third kappa shape index (κ3) is 3.23. The van der Waals surface area contributed by atoms with Crippen LogP contribution in [0.3, 0.4) is 0 Å². The van der Waals surface area contributed by atoms with Crippen molar-refractivity contribution >= 4 is 11.7 Å². The number of aromatic nitrogens is 2. The van der Waals surface area contributed by atoms with Crippen LogP contribution in [0, 0.1) is 6.92 Å². The molecule has 3 rings (SSSR count). The lowest BCUT2D eigenvalue weighted by molar-refractivity contribution is -0.121. The highest BCUT2D eigenvalue weighted by Gasteiger charge is 2.26. The quantitative estimate of drug-likeness (QED) is 0.929. The molecule has 1 aromatic heterocycles. The van der Waals surface area contributed by atoms with E-state index in [-0.39, 0.29) is 11.9 Å². The summed E-state index contributed by atoms with van der Waals surface area (Å²) in [5, 5.41) is 3.14. The number of carbonyl (C=O) groups is 1. The highest BCUT2D eigenvalue weighted by molar-refractivity contribution is 5.76. The van der Waals surface area contributed by atoms with Gasteiger partial charge in [-0.1, -0.05) is 6.92 Å². The maximum absolute atomic E-state index is 11.7. The molecule has 0 bridgehead atoms. The lowest BCUT2D eigenvalue weighted by atomic mass is 9.95. The van der Waals surface area contributed by atoms with Crippen molar-refractivity contribution in [1.29, 1.82) is 0 Å². The molecule has 5 nitrogen and oxygen atoms in total. The molecule has 2 aliphatic rings. The van der Waals surface area contributed by atoms with Crippen molar-refractivity contribution in [3.63, 3.8) is 0 Å². The molecule has 2 heterocycles. The van der Waals surface area contributed by atoms with Gasteiger partial charge in [0.2, 0.25) is 5.91 Å². The van der Waals surface area contributed by atoms with Gasteiger partial charge in [0.25, 0.3) is 0 Å².